The number of carbonyl (C=O) groups is 2. The maximum Gasteiger partial charge on any atom is 0.410 e. The van der Waals surface area contributed by atoms with Crippen LogP contribution >= 0.6 is 0 Å². The molecule has 0 spiro atoms. The number of ether oxygens (including phenoxy) is 1. The number of fused-ring (bicyclic) bond motifs is 3. The molecule has 6 nitrogen and oxygen atoms in total. The molecule has 2 atom stereocenters. The second-order valence-corrected chi connectivity index (χ2v) is 7.09. The molecule has 1 heterocycles. The Balaban J connectivity index is 1.52. The van der Waals surface area contributed by atoms with Gasteiger partial charge in [-0.05, 0) is 28.7 Å². The summed E-state index contributed by atoms with van der Waals surface area (Å²) in [5.41, 5.74) is 4.49. The van der Waals surface area contributed by atoms with Crippen LogP contribution < -0.4 is 0 Å². The van der Waals surface area contributed by atoms with Gasteiger partial charge in [-0.1, -0.05) is 48.5 Å². The van der Waals surface area contributed by atoms with Crippen LogP contribution in [0.25, 0.3) is 11.1 Å². The molecule has 27 heavy (non-hydrogen) atoms. The van der Waals surface area contributed by atoms with Gasteiger partial charge in [-0.3, -0.25) is 4.90 Å². The van der Waals surface area contributed by atoms with Crippen molar-refractivity contribution in [2.75, 3.05) is 19.8 Å². The molecule has 1 aliphatic heterocycles. The molecule has 140 valence electrons. The topological polar surface area (TPSA) is 87.1 Å². The monoisotopic (exact) mass is 367 g/mol. The van der Waals surface area contributed by atoms with Crippen molar-refractivity contribution in [1.29, 1.82) is 0 Å². The molecular formula is C21H21NO5. The van der Waals surface area contributed by atoms with Crippen molar-refractivity contribution in [2.45, 2.75) is 18.4 Å². The van der Waals surface area contributed by atoms with Crippen LogP contribution in [0.1, 0.15) is 23.5 Å². The summed E-state index contributed by atoms with van der Waals surface area (Å²) >= 11 is 0. The number of likely N-dealkylation sites (tertiary alicyclic amines) is 1. The number of aliphatic carboxylic acids is 1. The van der Waals surface area contributed by atoms with E-state index in [1.807, 2.05) is 36.4 Å². The summed E-state index contributed by atoms with van der Waals surface area (Å²) < 4.78 is 5.54. The molecule has 1 aliphatic carbocycles. The predicted octanol–water partition coefficient (Wildman–Crippen LogP) is 2.70. The molecule has 0 unspecified atom stereocenters. The Morgan fingerprint density at radius 1 is 1.04 bits per heavy atom. The van der Waals surface area contributed by atoms with Crippen LogP contribution in [-0.4, -0.2) is 53.0 Å². The number of hydrogen-bond acceptors (Lipinski definition) is 4. The third kappa shape index (κ3) is 3.06. The minimum Gasteiger partial charge on any atom is -0.480 e. The van der Waals surface area contributed by atoms with Crippen molar-refractivity contribution in [3.8, 4) is 11.1 Å². The second kappa shape index (κ2) is 7.04. The first kappa shape index (κ1) is 17.5. The van der Waals surface area contributed by atoms with Crippen molar-refractivity contribution >= 4 is 12.1 Å². The maximum atomic E-state index is 12.6. The van der Waals surface area contributed by atoms with Gasteiger partial charge in [-0.2, -0.15) is 0 Å². The number of rotatable bonds is 4. The predicted molar refractivity (Wildman–Crippen MR) is 98.4 cm³/mol. The molecule has 0 radical (unpaired) electrons. The van der Waals surface area contributed by atoms with E-state index in [2.05, 4.69) is 12.1 Å². The summed E-state index contributed by atoms with van der Waals surface area (Å²) in [6.07, 6.45) is -0.393. The van der Waals surface area contributed by atoms with Crippen molar-refractivity contribution in [3.63, 3.8) is 0 Å². The van der Waals surface area contributed by atoms with E-state index in [9.17, 15) is 19.8 Å². The van der Waals surface area contributed by atoms with E-state index in [1.54, 1.807) is 0 Å². The molecule has 4 rings (SSSR count). The summed E-state index contributed by atoms with van der Waals surface area (Å²) in [6.45, 7) is 0.209. The molecule has 6 heteroatoms. The Kier molecular flexibility index (Phi) is 4.58. The fraction of sp³-hybridized carbons (Fsp3) is 0.333. The Morgan fingerprint density at radius 3 is 2.19 bits per heavy atom. The molecule has 2 aromatic carbocycles. The summed E-state index contributed by atoms with van der Waals surface area (Å²) in [5.74, 6) is -1.37. The third-order valence-corrected chi connectivity index (χ3v) is 5.50. The molecule has 0 bridgehead atoms. The van der Waals surface area contributed by atoms with E-state index in [0.717, 1.165) is 22.3 Å². The minimum absolute atomic E-state index is 0.0686. The standard InChI is InChI=1S/C21H21NO5/c23-11-13-9-19(20(24)25)22(10-13)21(26)27-12-18-16-7-3-1-5-14(16)15-6-2-4-8-17(15)18/h1-8,13,18-19,23H,9-12H2,(H,24,25)/t13-,19+/m1/s1. The van der Waals surface area contributed by atoms with Crippen LogP contribution in [-0.2, 0) is 9.53 Å². The van der Waals surface area contributed by atoms with E-state index >= 15 is 0 Å². The van der Waals surface area contributed by atoms with Crippen LogP contribution in [0.3, 0.4) is 0 Å². The first-order valence-electron chi connectivity index (χ1n) is 9.05. The van der Waals surface area contributed by atoms with Gasteiger partial charge in [0.1, 0.15) is 12.6 Å². The molecule has 1 amide bonds. The van der Waals surface area contributed by atoms with Gasteiger partial charge in [0.2, 0.25) is 0 Å². The van der Waals surface area contributed by atoms with Crippen LogP contribution in [0.15, 0.2) is 48.5 Å². The van der Waals surface area contributed by atoms with Crippen LogP contribution in [0.4, 0.5) is 4.79 Å². The van der Waals surface area contributed by atoms with Gasteiger partial charge in [0.25, 0.3) is 0 Å². The molecule has 2 aliphatic rings. The molecule has 1 saturated heterocycles. The van der Waals surface area contributed by atoms with Crippen molar-refractivity contribution in [1.82, 2.24) is 4.90 Å². The van der Waals surface area contributed by atoms with Crippen molar-refractivity contribution < 1.29 is 24.5 Å². The van der Waals surface area contributed by atoms with E-state index in [-0.39, 0.29) is 38.0 Å². The highest BCUT2D eigenvalue weighted by Crippen LogP contribution is 2.44. The van der Waals surface area contributed by atoms with Gasteiger partial charge in [0, 0.05) is 25.0 Å². The summed E-state index contributed by atoms with van der Waals surface area (Å²) in [6, 6.07) is 15.1. The van der Waals surface area contributed by atoms with Gasteiger partial charge >= 0.3 is 12.1 Å². The van der Waals surface area contributed by atoms with Crippen LogP contribution in [0, 0.1) is 5.92 Å². The average Bonchev–Trinajstić information content (AvgIpc) is 3.26. The number of hydrogen-bond donors (Lipinski definition) is 2. The Morgan fingerprint density at radius 2 is 1.63 bits per heavy atom. The summed E-state index contributed by atoms with van der Waals surface area (Å²) in [5, 5.41) is 18.7. The molecule has 2 N–H and O–H groups in total. The van der Waals surface area contributed by atoms with Crippen LogP contribution in [0.5, 0.6) is 0 Å². The largest absolute Gasteiger partial charge is 0.480 e. The minimum atomic E-state index is -1.07. The Labute approximate surface area is 157 Å². The Hall–Kier alpha value is -2.86. The van der Waals surface area contributed by atoms with E-state index in [0.29, 0.717) is 0 Å². The molecule has 0 aromatic heterocycles. The number of aliphatic hydroxyl groups excluding tert-OH is 1. The fourth-order valence-corrected chi connectivity index (χ4v) is 4.17. The number of benzene rings is 2. The lowest BCUT2D eigenvalue weighted by Crippen LogP contribution is -2.41. The van der Waals surface area contributed by atoms with E-state index in [4.69, 9.17) is 4.74 Å². The fourth-order valence-electron chi connectivity index (χ4n) is 4.17. The third-order valence-electron chi connectivity index (χ3n) is 5.50. The number of carbonyl (C=O) groups excluding carboxylic acids is 1. The van der Waals surface area contributed by atoms with Gasteiger partial charge in [-0.15, -0.1) is 0 Å². The van der Waals surface area contributed by atoms with Crippen molar-refractivity contribution in [2.24, 2.45) is 5.92 Å². The second-order valence-electron chi connectivity index (χ2n) is 7.09. The molecule has 0 saturated carbocycles. The first-order chi connectivity index (χ1) is 13.1. The highest BCUT2D eigenvalue weighted by atomic mass is 16.6. The van der Waals surface area contributed by atoms with E-state index < -0.39 is 18.1 Å². The zero-order chi connectivity index (χ0) is 19.0. The summed E-state index contributed by atoms with van der Waals surface area (Å²) in [4.78, 5) is 25.2. The highest BCUT2D eigenvalue weighted by molar-refractivity contribution is 5.81. The maximum absolute atomic E-state index is 12.6. The van der Waals surface area contributed by atoms with Gasteiger partial charge in [-0.25, -0.2) is 9.59 Å². The zero-order valence-electron chi connectivity index (χ0n) is 14.7. The zero-order valence-corrected chi connectivity index (χ0v) is 14.7. The lowest BCUT2D eigenvalue weighted by atomic mass is 9.98. The van der Waals surface area contributed by atoms with Crippen LogP contribution in [0.2, 0.25) is 0 Å². The number of carboxylic acids is 1. The van der Waals surface area contributed by atoms with E-state index in [1.165, 1.54) is 4.90 Å². The Bertz CT molecular complexity index is 835. The molecule has 2 aromatic rings. The van der Waals surface area contributed by atoms with Gasteiger partial charge < -0.3 is 14.9 Å². The van der Waals surface area contributed by atoms with Crippen molar-refractivity contribution in [3.05, 3.63) is 59.7 Å². The van der Waals surface area contributed by atoms with Gasteiger partial charge in [0.05, 0.1) is 0 Å². The van der Waals surface area contributed by atoms with Gasteiger partial charge in [0.15, 0.2) is 0 Å². The lowest BCUT2D eigenvalue weighted by Gasteiger charge is -2.22. The number of aliphatic hydroxyl groups is 1. The average molecular weight is 367 g/mol. The first-order valence-corrected chi connectivity index (χ1v) is 9.05. The number of amides is 1. The highest BCUT2D eigenvalue weighted by Gasteiger charge is 2.40. The molecule has 1 fully saturated rings. The quantitative estimate of drug-likeness (QED) is 0.868. The SMILES string of the molecule is O=C(O)[C@@H]1C[C@@H](CO)CN1C(=O)OCC1c2ccccc2-c2ccccc21. The summed E-state index contributed by atoms with van der Waals surface area (Å²) in [7, 11) is 0. The number of nitrogens with zero attached hydrogens (tertiary/aromatic N) is 1. The smallest absolute Gasteiger partial charge is 0.410 e. The molecular weight excluding hydrogens is 346 g/mol. The normalized spacial score (nSPS) is 21.0. The number of carboxylic acid groups (broad SMARTS) is 1. The lowest BCUT2D eigenvalue weighted by molar-refractivity contribution is -0.141.